The molecule has 1 amide bonds. The van der Waals surface area contributed by atoms with E-state index in [-0.39, 0.29) is 12.7 Å². The van der Waals surface area contributed by atoms with Crippen LogP contribution in [-0.2, 0) is 4.79 Å². The van der Waals surface area contributed by atoms with Gasteiger partial charge in [0.1, 0.15) is 0 Å². The van der Waals surface area contributed by atoms with Crippen molar-refractivity contribution in [1.82, 2.24) is 0 Å². The molecule has 21 heavy (non-hydrogen) atoms. The molecule has 0 atom stereocenters. The van der Waals surface area contributed by atoms with E-state index >= 15 is 0 Å². The second-order valence-electron chi connectivity index (χ2n) is 5.88. The molecule has 3 N–H and O–H groups in total. The van der Waals surface area contributed by atoms with Crippen LogP contribution in [0.4, 0.5) is 11.4 Å². The number of anilines is 2. The van der Waals surface area contributed by atoms with Crippen LogP contribution < -0.4 is 20.5 Å². The molecule has 0 radical (unpaired) electrons. The lowest BCUT2D eigenvalue weighted by molar-refractivity contribution is -0.116. The fourth-order valence-corrected chi connectivity index (χ4v) is 3.13. The predicted octanol–water partition coefficient (Wildman–Crippen LogP) is 3.30. The van der Waals surface area contributed by atoms with Crippen molar-refractivity contribution >= 4 is 17.3 Å². The summed E-state index contributed by atoms with van der Waals surface area (Å²) in [4.78, 5) is 12.0. The number of fused-ring (bicyclic) bond motifs is 1. The van der Waals surface area contributed by atoms with Crippen molar-refractivity contribution in [1.29, 1.82) is 0 Å². The smallest absolute Gasteiger partial charge is 0.231 e. The number of nitrogen functional groups attached to an aromatic ring is 1. The normalized spacial score (nSPS) is 17.1. The van der Waals surface area contributed by atoms with Gasteiger partial charge in [-0.05, 0) is 18.8 Å². The molecule has 0 bridgehead atoms. The second-order valence-corrected chi connectivity index (χ2v) is 5.88. The number of hydrogen-bond donors (Lipinski definition) is 2. The zero-order valence-electron chi connectivity index (χ0n) is 12.2. The molecule has 2 aliphatic rings. The minimum atomic E-state index is 0.0126. The molecule has 1 aromatic carbocycles. The van der Waals surface area contributed by atoms with Gasteiger partial charge in [-0.25, -0.2) is 0 Å². The molecule has 0 aromatic heterocycles. The highest BCUT2D eigenvalue weighted by molar-refractivity contribution is 5.94. The van der Waals surface area contributed by atoms with Crippen LogP contribution >= 0.6 is 0 Å². The van der Waals surface area contributed by atoms with Crippen LogP contribution in [0.25, 0.3) is 0 Å². The van der Waals surface area contributed by atoms with Crippen LogP contribution in [-0.4, -0.2) is 12.7 Å². The van der Waals surface area contributed by atoms with Crippen LogP contribution in [0.3, 0.4) is 0 Å². The molecule has 5 heteroatoms. The van der Waals surface area contributed by atoms with Gasteiger partial charge in [-0.2, -0.15) is 0 Å². The molecular formula is C16H22N2O3. The van der Waals surface area contributed by atoms with E-state index in [9.17, 15) is 4.79 Å². The number of nitrogens with one attached hydrogen (secondary N) is 1. The Balaban J connectivity index is 1.50. The third-order valence-corrected chi connectivity index (χ3v) is 4.31. The van der Waals surface area contributed by atoms with Crippen LogP contribution in [0.15, 0.2) is 12.1 Å². The Morgan fingerprint density at radius 3 is 2.71 bits per heavy atom. The summed E-state index contributed by atoms with van der Waals surface area (Å²) in [5.74, 6) is 2.10. The van der Waals surface area contributed by atoms with E-state index in [0.717, 1.165) is 18.8 Å². The number of rotatable bonds is 5. The zero-order valence-corrected chi connectivity index (χ0v) is 12.2. The highest BCUT2D eigenvalue weighted by Crippen LogP contribution is 2.38. The van der Waals surface area contributed by atoms with Crippen molar-refractivity contribution in [3.63, 3.8) is 0 Å². The highest BCUT2D eigenvalue weighted by Gasteiger charge is 2.18. The summed E-state index contributed by atoms with van der Waals surface area (Å²) < 4.78 is 10.5. The van der Waals surface area contributed by atoms with E-state index < -0.39 is 0 Å². The third kappa shape index (κ3) is 3.40. The van der Waals surface area contributed by atoms with Crippen molar-refractivity contribution in [2.24, 2.45) is 5.92 Å². The lowest BCUT2D eigenvalue weighted by Crippen LogP contribution is -2.13. The first kappa shape index (κ1) is 14.0. The molecule has 5 nitrogen and oxygen atoms in total. The van der Waals surface area contributed by atoms with Gasteiger partial charge in [0, 0.05) is 18.6 Å². The van der Waals surface area contributed by atoms with Gasteiger partial charge in [-0.1, -0.05) is 25.7 Å². The van der Waals surface area contributed by atoms with Crippen molar-refractivity contribution in [3.8, 4) is 11.5 Å². The summed E-state index contributed by atoms with van der Waals surface area (Å²) in [6.07, 6.45) is 8.01. The van der Waals surface area contributed by atoms with Gasteiger partial charge >= 0.3 is 0 Å². The lowest BCUT2D eigenvalue weighted by atomic mass is 10.0. The zero-order chi connectivity index (χ0) is 14.7. The van der Waals surface area contributed by atoms with Crippen LogP contribution in [0.1, 0.15) is 44.9 Å². The molecule has 1 fully saturated rings. The second kappa shape index (κ2) is 6.24. The van der Waals surface area contributed by atoms with Gasteiger partial charge in [0.2, 0.25) is 12.7 Å². The number of nitrogens with two attached hydrogens (primary N) is 1. The van der Waals surface area contributed by atoms with Crippen molar-refractivity contribution in [3.05, 3.63) is 12.1 Å². The van der Waals surface area contributed by atoms with Gasteiger partial charge < -0.3 is 20.5 Å². The van der Waals surface area contributed by atoms with E-state index in [0.29, 0.717) is 29.3 Å². The topological polar surface area (TPSA) is 73.6 Å². The van der Waals surface area contributed by atoms with Gasteiger partial charge in [0.05, 0.1) is 11.4 Å². The van der Waals surface area contributed by atoms with E-state index in [4.69, 9.17) is 15.2 Å². The van der Waals surface area contributed by atoms with Gasteiger partial charge in [-0.15, -0.1) is 0 Å². The average Bonchev–Trinajstić information content (AvgIpc) is 3.10. The molecule has 1 aliphatic heterocycles. The molecule has 114 valence electrons. The molecule has 0 saturated heterocycles. The summed E-state index contributed by atoms with van der Waals surface area (Å²) in [6.45, 7) is 0.202. The van der Waals surface area contributed by atoms with Crippen LogP contribution in [0.5, 0.6) is 11.5 Å². The lowest BCUT2D eigenvalue weighted by Gasteiger charge is -2.11. The van der Waals surface area contributed by atoms with Gasteiger partial charge in [-0.3, -0.25) is 4.79 Å². The molecule has 0 unspecified atom stereocenters. The number of benzene rings is 1. The summed E-state index contributed by atoms with van der Waals surface area (Å²) >= 11 is 0. The largest absolute Gasteiger partial charge is 0.454 e. The first-order valence-electron chi connectivity index (χ1n) is 7.71. The van der Waals surface area contributed by atoms with E-state index in [2.05, 4.69) is 5.32 Å². The first-order valence-corrected chi connectivity index (χ1v) is 7.71. The maximum absolute atomic E-state index is 12.0. The van der Waals surface area contributed by atoms with Crippen molar-refractivity contribution < 1.29 is 14.3 Å². The van der Waals surface area contributed by atoms with Crippen LogP contribution in [0.2, 0.25) is 0 Å². The maximum Gasteiger partial charge on any atom is 0.231 e. The minimum Gasteiger partial charge on any atom is -0.454 e. The molecule has 1 heterocycles. The van der Waals surface area contributed by atoms with Gasteiger partial charge in [0.15, 0.2) is 11.5 Å². The summed E-state index contributed by atoms with van der Waals surface area (Å²) in [7, 11) is 0. The molecule has 1 aliphatic carbocycles. The van der Waals surface area contributed by atoms with Gasteiger partial charge in [0.25, 0.3) is 0 Å². The fourth-order valence-electron chi connectivity index (χ4n) is 3.13. The molecule has 1 aromatic rings. The molecular weight excluding hydrogens is 268 g/mol. The van der Waals surface area contributed by atoms with Crippen molar-refractivity contribution in [2.45, 2.75) is 44.9 Å². The Bertz CT molecular complexity index is 524. The maximum atomic E-state index is 12.0. The van der Waals surface area contributed by atoms with E-state index in [1.807, 2.05) is 0 Å². The molecule has 3 rings (SSSR count). The Labute approximate surface area is 124 Å². The quantitative estimate of drug-likeness (QED) is 0.816. The average molecular weight is 290 g/mol. The highest BCUT2D eigenvalue weighted by atomic mass is 16.7. The van der Waals surface area contributed by atoms with E-state index in [1.54, 1.807) is 12.1 Å². The first-order chi connectivity index (χ1) is 10.2. The van der Waals surface area contributed by atoms with Crippen LogP contribution in [0, 0.1) is 5.92 Å². The van der Waals surface area contributed by atoms with E-state index in [1.165, 1.54) is 25.7 Å². The fraction of sp³-hybridized carbons (Fsp3) is 0.562. The minimum absolute atomic E-state index is 0.0126. The molecule has 0 spiro atoms. The number of ether oxygens (including phenoxy) is 2. The summed E-state index contributed by atoms with van der Waals surface area (Å²) in [5, 5.41) is 2.87. The number of carbonyl (C=O) groups excluding carboxylic acids is 1. The Kier molecular flexibility index (Phi) is 4.18. The standard InChI is InChI=1S/C16H22N2O3/c17-12-8-14-15(21-10-20-14)9-13(12)18-16(19)7-3-6-11-4-1-2-5-11/h8-9,11H,1-7,10,17H2,(H,18,19). The SMILES string of the molecule is Nc1cc2c(cc1NC(=O)CCCC1CCCC1)OCO2. The number of hydrogen-bond acceptors (Lipinski definition) is 4. The monoisotopic (exact) mass is 290 g/mol. The summed E-state index contributed by atoms with van der Waals surface area (Å²) in [6, 6.07) is 3.42. The predicted molar refractivity (Wildman–Crippen MR) is 81.4 cm³/mol. The Morgan fingerprint density at radius 2 is 1.95 bits per heavy atom. The Morgan fingerprint density at radius 1 is 1.24 bits per heavy atom. The van der Waals surface area contributed by atoms with Crippen molar-refractivity contribution in [2.75, 3.05) is 17.8 Å². The summed E-state index contributed by atoms with van der Waals surface area (Å²) in [5.41, 5.74) is 7.02. The Hall–Kier alpha value is -1.91. The number of carbonyl (C=O) groups is 1. The number of amides is 1. The third-order valence-electron chi connectivity index (χ3n) is 4.31. The molecule has 1 saturated carbocycles.